The van der Waals surface area contributed by atoms with Gasteiger partial charge in [-0.25, -0.2) is 0 Å². The average Bonchev–Trinajstić information content (AvgIpc) is 3.89. The first-order valence-electron chi connectivity index (χ1n) is 20.8. The van der Waals surface area contributed by atoms with Gasteiger partial charge in [0.05, 0.1) is 22.1 Å². The fourth-order valence-electron chi connectivity index (χ4n) is 9.33. The van der Waals surface area contributed by atoms with Gasteiger partial charge >= 0.3 is 0 Å². The Kier molecular flexibility index (Phi) is 8.17. The van der Waals surface area contributed by atoms with Gasteiger partial charge in [-0.05, 0) is 87.8 Å². The summed E-state index contributed by atoms with van der Waals surface area (Å²) < 4.78 is 9.18. The van der Waals surface area contributed by atoms with E-state index < -0.39 is 0 Å². The number of fused-ring (bicyclic) bond motifs is 8. The maximum Gasteiger partial charge on any atom is 0.143 e. The molecule has 0 saturated heterocycles. The molecule has 0 N–H and O–H groups in total. The second-order valence-corrected chi connectivity index (χ2v) is 15.7. The SMILES string of the molecule is c1ccc(-c2ccc(N(c3ccc(-c4ccc5c6ccc7ccccc7c6n(-c6ccccc6)c5c4)cc3)c3cccc4oc5c(-c6ccccc6)cccc5c34)cc2)cc1. The lowest BCUT2D eigenvalue weighted by Crippen LogP contribution is -2.10. The van der Waals surface area contributed by atoms with E-state index in [0.29, 0.717) is 0 Å². The fourth-order valence-corrected chi connectivity index (χ4v) is 9.33. The summed E-state index contributed by atoms with van der Waals surface area (Å²) in [6, 6.07) is 82.7. The van der Waals surface area contributed by atoms with Gasteiger partial charge in [0.2, 0.25) is 0 Å². The number of rotatable bonds is 7. The molecule has 0 bridgehead atoms. The highest BCUT2D eigenvalue weighted by Crippen LogP contribution is 2.46. The van der Waals surface area contributed by atoms with Crippen LogP contribution in [0.3, 0.4) is 0 Å². The number of hydrogen-bond acceptors (Lipinski definition) is 2. The lowest BCUT2D eigenvalue weighted by Gasteiger charge is -2.26. The first kappa shape index (κ1) is 34.9. The maximum atomic E-state index is 6.75. The van der Waals surface area contributed by atoms with E-state index in [2.05, 4.69) is 240 Å². The Balaban J connectivity index is 1.02. The van der Waals surface area contributed by atoms with Crippen molar-refractivity contribution in [3.05, 3.63) is 231 Å². The highest BCUT2D eigenvalue weighted by atomic mass is 16.3. The molecule has 2 aromatic heterocycles. The van der Waals surface area contributed by atoms with Crippen molar-refractivity contribution >= 4 is 71.6 Å². The van der Waals surface area contributed by atoms with E-state index >= 15 is 0 Å². The van der Waals surface area contributed by atoms with Crippen LogP contribution in [-0.2, 0) is 0 Å². The van der Waals surface area contributed by atoms with Crippen LogP contribution in [0.2, 0.25) is 0 Å². The molecule has 0 aliphatic carbocycles. The van der Waals surface area contributed by atoms with Gasteiger partial charge in [0, 0.05) is 44.2 Å². The van der Waals surface area contributed by atoms with E-state index in [0.717, 1.165) is 61.4 Å². The minimum atomic E-state index is 0.855. The third kappa shape index (κ3) is 5.82. The second kappa shape index (κ2) is 14.3. The first-order chi connectivity index (χ1) is 30.3. The van der Waals surface area contributed by atoms with Crippen molar-refractivity contribution < 1.29 is 4.42 Å². The third-order valence-corrected chi connectivity index (χ3v) is 12.2. The Morgan fingerprint density at radius 2 is 0.951 bits per heavy atom. The number of anilines is 3. The van der Waals surface area contributed by atoms with Crippen molar-refractivity contribution in [2.24, 2.45) is 0 Å². The van der Waals surface area contributed by atoms with Crippen LogP contribution in [0.5, 0.6) is 0 Å². The van der Waals surface area contributed by atoms with Gasteiger partial charge in [0.15, 0.2) is 0 Å². The van der Waals surface area contributed by atoms with Crippen LogP contribution in [0, 0.1) is 0 Å². The summed E-state index contributed by atoms with van der Waals surface area (Å²) in [7, 11) is 0. The molecule has 0 unspecified atom stereocenters. The Morgan fingerprint density at radius 1 is 0.377 bits per heavy atom. The monoisotopic (exact) mass is 778 g/mol. The number of hydrogen-bond donors (Lipinski definition) is 0. The number of para-hydroxylation sites is 2. The molecule has 3 nitrogen and oxygen atoms in total. The van der Waals surface area contributed by atoms with Crippen molar-refractivity contribution in [3.63, 3.8) is 0 Å². The van der Waals surface area contributed by atoms with Crippen molar-refractivity contribution in [1.29, 1.82) is 0 Å². The van der Waals surface area contributed by atoms with Crippen molar-refractivity contribution in [3.8, 4) is 39.1 Å². The number of aromatic nitrogens is 1. The van der Waals surface area contributed by atoms with Crippen molar-refractivity contribution in [1.82, 2.24) is 4.57 Å². The minimum Gasteiger partial charge on any atom is -0.455 e. The van der Waals surface area contributed by atoms with E-state index in [-0.39, 0.29) is 0 Å². The first-order valence-corrected chi connectivity index (χ1v) is 20.8. The summed E-state index contributed by atoms with van der Waals surface area (Å²) >= 11 is 0. The molecule has 0 saturated carbocycles. The Bertz CT molecular complexity index is 3550. The molecule has 61 heavy (non-hydrogen) atoms. The molecule has 12 aromatic rings. The van der Waals surface area contributed by atoms with E-state index in [9.17, 15) is 0 Å². The van der Waals surface area contributed by atoms with Crippen LogP contribution in [0.15, 0.2) is 235 Å². The van der Waals surface area contributed by atoms with Gasteiger partial charge in [-0.2, -0.15) is 0 Å². The predicted molar refractivity (Wildman–Crippen MR) is 257 cm³/mol. The molecule has 12 rings (SSSR count). The average molecular weight is 779 g/mol. The van der Waals surface area contributed by atoms with E-state index in [1.54, 1.807) is 0 Å². The van der Waals surface area contributed by atoms with Crippen LogP contribution in [0.25, 0.3) is 93.6 Å². The van der Waals surface area contributed by atoms with Crippen molar-refractivity contribution in [2.75, 3.05) is 4.90 Å². The Labute approximate surface area is 353 Å². The fraction of sp³-hybridized carbons (Fsp3) is 0. The minimum absolute atomic E-state index is 0.855. The number of furan rings is 1. The third-order valence-electron chi connectivity index (χ3n) is 12.2. The summed E-state index contributed by atoms with van der Waals surface area (Å²) in [5.41, 5.74) is 15.4. The summed E-state index contributed by atoms with van der Waals surface area (Å²) in [4.78, 5) is 2.37. The quantitative estimate of drug-likeness (QED) is 0.161. The molecule has 286 valence electrons. The largest absolute Gasteiger partial charge is 0.455 e. The lowest BCUT2D eigenvalue weighted by atomic mass is 10.0. The van der Waals surface area contributed by atoms with E-state index in [1.165, 1.54) is 49.3 Å². The van der Waals surface area contributed by atoms with Gasteiger partial charge in [-0.3, -0.25) is 0 Å². The topological polar surface area (TPSA) is 21.3 Å². The normalized spacial score (nSPS) is 11.6. The molecule has 0 amide bonds. The van der Waals surface area contributed by atoms with E-state index in [4.69, 9.17) is 4.42 Å². The van der Waals surface area contributed by atoms with Gasteiger partial charge in [0.1, 0.15) is 11.2 Å². The van der Waals surface area contributed by atoms with Gasteiger partial charge < -0.3 is 13.9 Å². The molecule has 0 aliphatic heterocycles. The summed E-state index contributed by atoms with van der Waals surface area (Å²) in [5, 5.41) is 7.15. The van der Waals surface area contributed by atoms with Crippen LogP contribution < -0.4 is 4.90 Å². The molecular formula is C58H38N2O. The molecule has 0 fully saturated rings. The molecule has 10 aromatic carbocycles. The molecule has 0 radical (unpaired) electrons. The highest BCUT2D eigenvalue weighted by Gasteiger charge is 2.22. The molecule has 0 atom stereocenters. The van der Waals surface area contributed by atoms with Crippen LogP contribution in [0.4, 0.5) is 17.1 Å². The maximum absolute atomic E-state index is 6.75. The Hall–Kier alpha value is -8.14. The Morgan fingerprint density at radius 3 is 1.69 bits per heavy atom. The molecule has 3 heteroatoms. The molecule has 0 spiro atoms. The molecular weight excluding hydrogens is 741 g/mol. The standard InChI is InChI=1S/C58H38N2O/c1-4-14-39(15-5-1)40-26-32-46(33-27-40)59(53-24-13-25-55-56(53)52-23-12-22-49(58(52)61-55)42-16-6-2-7-17-42)47-34-28-41(29-35-47)44-31-36-50-51-37-30-43-18-10-11-21-48(43)57(51)60(54(50)38-44)45-19-8-3-9-20-45/h1-38H. The highest BCUT2D eigenvalue weighted by molar-refractivity contribution is 6.19. The number of nitrogens with zero attached hydrogens (tertiary/aromatic N) is 2. The summed E-state index contributed by atoms with van der Waals surface area (Å²) in [6.07, 6.45) is 0. The smallest absolute Gasteiger partial charge is 0.143 e. The summed E-state index contributed by atoms with van der Waals surface area (Å²) in [5.74, 6) is 0. The van der Waals surface area contributed by atoms with E-state index in [1.807, 2.05) is 0 Å². The zero-order chi connectivity index (χ0) is 40.3. The van der Waals surface area contributed by atoms with Crippen molar-refractivity contribution in [2.45, 2.75) is 0 Å². The van der Waals surface area contributed by atoms with Gasteiger partial charge in [0.25, 0.3) is 0 Å². The molecule has 0 aliphatic rings. The van der Waals surface area contributed by atoms with Gasteiger partial charge in [-0.1, -0.05) is 176 Å². The predicted octanol–water partition coefficient (Wildman–Crippen LogP) is 16.3. The summed E-state index contributed by atoms with van der Waals surface area (Å²) in [6.45, 7) is 0. The van der Waals surface area contributed by atoms with Crippen LogP contribution in [0.1, 0.15) is 0 Å². The zero-order valence-corrected chi connectivity index (χ0v) is 33.2. The van der Waals surface area contributed by atoms with Crippen LogP contribution >= 0.6 is 0 Å². The van der Waals surface area contributed by atoms with Gasteiger partial charge in [-0.15, -0.1) is 0 Å². The lowest BCUT2D eigenvalue weighted by molar-refractivity contribution is 0.670. The second-order valence-electron chi connectivity index (χ2n) is 15.7. The molecule has 2 heterocycles. The number of benzene rings is 10. The van der Waals surface area contributed by atoms with Crippen LogP contribution in [-0.4, -0.2) is 4.57 Å². The zero-order valence-electron chi connectivity index (χ0n) is 33.2.